The Bertz CT molecular complexity index is 710. The fourth-order valence-electron chi connectivity index (χ4n) is 2.41. The molecule has 0 aliphatic carbocycles. The molecule has 2 atom stereocenters. The lowest BCUT2D eigenvalue weighted by molar-refractivity contribution is -0.312. The summed E-state index contributed by atoms with van der Waals surface area (Å²) in [7, 11) is 0. The SMILES string of the molecule is Cc1ccc(C[C@@H](C(=O)Nc2ccc(F)cc2)[C@H](C)C(=O)[O-])cc1. The van der Waals surface area contributed by atoms with E-state index in [1.807, 2.05) is 31.2 Å². The molecule has 0 aliphatic heterocycles. The Labute approximate surface area is 140 Å². The van der Waals surface area contributed by atoms with Gasteiger partial charge in [-0.2, -0.15) is 0 Å². The number of hydrogen-bond acceptors (Lipinski definition) is 3. The number of amides is 1. The highest BCUT2D eigenvalue weighted by Crippen LogP contribution is 2.21. The molecule has 0 saturated heterocycles. The van der Waals surface area contributed by atoms with Crippen molar-refractivity contribution in [1.29, 1.82) is 0 Å². The van der Waals surface area contributed by atoms with E-state index >= 15 is 0 Å². The van der Waals surface area contributed by atoms with Crippen molar-refractivity contribution in [2.75, 3.05) is 5.32 Å². The van der Waals surface area contributed by atoms with Gasteiger partial charge in [0.15, 0.2) is 0 Å². The second kappa shape index (κ2) is 7.73. The number of halogens is 1. The average molecular weight is 328 g/mol. The Morgan fingerprint density at radius 2 is 1.67 bits per heavy atom. The summed E-state index contributed by atoms with van der Waals surface area (Å²) in [5.41, 5.74) is 2.37. The number of carbonyl (C=O) groups is 2. The van der Waals surface area contributed by atoms with Gasteiger partial charge in [-0.1, -0.05) is 36.8 Å². The maximum atomic E-state index is 12.9. The van der Waals surface area contributed by atoms with Gasteiger partial charge < -0.3 is 15.2 Å². The van der Waals surface area contributed by atoms with E-state index in [1.165, 1.54) is 31.2 Å². The highest BCUT2D eigenvalue weighted by molar-refractivity contribution is 5.95. The van der Waals surface area contributed by atoms with Crippen LogP contribution in [0.5, 0.6) is 0 Å². The molecule has 5 heteroatoms. The summed E-state index contributed by atoms with van der Waals surface area (Å²) < 4.78 is 12.9. The maximum absolute atomic E-state index is 12.9. The molecular formula is C19H19FNO3-. The standard InChI is InChI=1S/C19H20FNO3/c1-12-3-5-14(6-4-12)11-17(13(2)19(23)24)18(22)21-16-9-7-15(20)8-10-16/h3-10,13,17H,11H2,1-2H3,(H,21,22)(H,23,24)/p-1/t13-,17+/m0/s1. The van der Waals surface area contributed by atoms with Crippen LogP contribution in [-0.2, 0) is 16.0 Å². The predicted molar refractivity (Wildman–Crippen MR) is 87.6 cm³/mol. The van der Waals surface area contributed by atoms with Crippen LogP contribution in [0.4, 0.5) is 10.1 Å². The number of aryl methyl sites for hydroxylation is 1. The lowest BCUT2D eigenvalue weighted by Gasteiger charge is -2.24. The first-order valence-corrected chi connectivity index (χ1v) is 7.69. The summed E-state index contributed by atoms with van der Waals surface area (Å²) in [6.07, 6.45) is 0.280. The Balaban J connectivity index is 2.18. The zero-order chi connectivity index (χ0) is 17.7. The molecular weight excluding hydrogens is 309 g/mol. The van der Waals surface area contributed by atoms with Crippen LogP contribution in [0.3, 0.4) is 0 Å². The summed E-state index contributed by atoms with van der Waals surface area (Å²) in [6, 6.07) is 12.9. The molecule has 126 valence electrons. The van der Waals surface area contributed by atoms with Gasteiger partial charge in [0.05, 0.1) is 5.92 Å². The third-order valence-electron chi connectivity index (χ3n) is 4.00. The number of hydrogen-bond donors (Lipinski definition) is 1. The minimum absolute atomic E-state index is 0.280. The number of rotatable bonds is 6. The van der Waals surface area contributed by atoms with Gasteiger partial charge in [0.1, 0.15) is 5.82 Å². The van der Waals surface area contributed by atoms with Crippen molar-refractivity contribution in [2.24, 2.45) is 11.8 Å². The Hall–Kier alpha value is -2.69. The van der Waals surface area contributed by atoms with E-state index in [1.54, 1.807) is 0 Å². The monoisotopic (exact) mass is 328 g/mol. The van der Waals surface area contributed by atoms with E-state index in [9.17, 15) is 19.1 Å². The van der Waals surface area contributed by atoms with E-state index in [-0.39, 0.29) is 6.42 Å². The fraction of sp³-hybridized carbons (Fsp3) is 0.263. The molecule has 0 spiro atoms. The number of benzene rings is 2. The fourth-order valence-corrected chi connectivity index (χ4v) is 2.41. The normalized spacial score (nSPS) is 13.1. The first-order valence-electron chi connectivity index (χ1n) is 7.69. The van der Waals surface area contributed by atoms with Crippen molar-refractivity contribution in [3.05, 3.63) is 65.5 Å². The Morgan fingerprint density at radius 1 is 1.08 bits per heavy atom. The first-order chi connectivity index (χ1) is 11.4. The summed E-state index contributed by atoms with van der Waals surface area (Å²) in [5, 5.41) is 13.9. The molecule has 0 saturated carbocycles. The van der Waals surface area contributed by atoms with Crippen LogP contribution in [0, 0.1) is 24.6 Å². The van der Waals surface area contributed by atoms with Crippen LogP contribution >= 0.6 is 0 Å². The molecule has 0 aromatic heterocycles. The number of anilines is 1. The smallest absolute Gasteiger partial charge is 0.228 e. The van der Waals surface area contributed by atoms with Gasteiger partial charge in [-0.15, -0.1) is 0 Å². The largest absolute Gasteiger partial charge is 0.550 e. The Kier molecular flexibility index (Phi) is 5.68. The second-order valence-corrected chi connectivity index (χ2v) is 5.90. The number of carbonyl (C=O) groups excluding carboxylic acids is 2. The van der Waals surface area contributed by atoms with Crippen molar-refractivity contribution in [3.8, 4) is 0 Å². The maximum Gasteiger partial charge on any atom is 0.228 e. The van der Waals surface area contributed by atoms with Crippen LogP contribution in [0.1, 0.15) is 18.1 Å². The second-order valence-electron chi connectivity index (χ2n) is 5.90. The number of aliphatic carboxylic acids is 1. The van der Waals surface area contributed by atoms with Crippen molar-refractivity contribution in [2.45, 2.75) is 20.3 Å². The highest BCUT2D eigenvalue weighted by atomic mass is 19.1. The van der Waals surface area contributed by atoms with Gasteiger partial charge in [0, 0.05) is 17.6 Å². The topological polar surface area (TPSA) is 69.2 Å². The predicted octanol–water partition coefficient (Wildman–Crippen LogP) is 2.32. The summed E-state index contributed by atoms with van der Waals surface area (Å²) >= 11 is 0. The van der Waals surface area contributed by atoms with E-state index in [0.717, 1.165) is 11.1 Å². The van der Waals surface area contributed by atoms with Crippen LogP contribution in [0.2, 0.25) is 0 Å². The average Bonchev–Trinajstić information content (AvgIpc) is 2.55. The van der Waals surface area contributed by atoms with Crippen molar-refractivity contribution in [3.63, 3.8) is 0 Å². The zero-order valence-corrected chi connectivity index (χ0v) is 13.6. The van der Waals surface area contributed by atoms with Gasteiger partial charge in [-0.25, -0.2) is 4.39 Å². The van der Waals surface area contributed by atoms with E-state index in [2.05, 4.69) is 5.32 Å². The van der Waals surface area contributed by atoms with Gasteiger partial charge in [0.2, 0.25) is 5.91 Å². The molecule has 24 heavy (non-hydrogen) atoms. The molecule has 0 fully saturated rings. The summed E-state index contributed by atoms with van der Waals surface area (Å²) in [4.78, 5) is 23.8. The molecule has 4 nitrogen and oxygen atoms in total. The van der Waals surface area contributed by atoms with Crippen molar-refractivity contribution < 1.29 is 19.1 Å². The molecule has 0 heterocycles. The molecule has 1 amide bonds. The number of nitrogens with one attached hydrogen (secondary N) is 1. The molecule has 2 aromatic rings. The van der Waals surface area contributed by atoms with E-state index in [4.69, 9.17) is 0 Å². The zero-order valence-electron chi connectivity index (χ0n) is 13.6. The van der Waals surface area contributed by atoms with Crippen LogP contribution in [0.25, 0.3) is 0 Å². The lowest BCUT2D eigenvalue weighted by Crippen LogP contribution is -2.40. The molecule has 1 N–H and O–H groups in total. The van der Waals surface area contributed by atoms with Crippen LogP contribution in [0.15, 0.2) is 48.5 Å². The number of carboxylic acid groups (broad SMARTS) is 1. The Morgan fingerprint density at radius 3 is 2.21 bits per heavy atom. The van der Waals surface area contributed by atoms with Crippen LogP contribution in [-0.4, -0.2) is 11.9 Å². The minimum Gasteiger partial charge on any atom is -0.550 e. The van der Waals surface area contributed by atoms with Gasteiger partial charge in [-0.05, 0) is 43.2 Å². The van der Waals surface area contributed by atoms with Crippen LogP contribution < -0.4 is 10.4 Å². The first kappa shape index (κ1) is 17.7. The van der Waals surface area contributed by atoms with Gasteiger partial charge >= 0.3 is 0 Å². The molecule has 0 bridgehead atoms. The third-order valence-corrected chi connectivity index (χ3v) is 4.00. The van der Waals surface area contributed by atoms with E-state index < -0.39 is 29.5 Å². The summed E-state index contributed by atoms with van der Waals surface area (Å²) in [5.74, 6) is -3.86. The molecule has 2 aromatic carbocycles. The minimum atomic E-state index is -1.28. The quantitative estimate of drug-likeness (QED) is 0.885. The molecule has 2 rings (SSSR count). The van der Waals surface area contributed by atoms with Crippen molar-refractivity contribution >= 4 is 17.6 Å². The molecule has 0 aliphatic rings. The number of carboxylic acids is 1. The highest BCUT2D eigenvalue weighted by Gasteiger charge is 2.26. The third kappa shape index (κ3) is 4.65. The van der Waals surface area contributed by atoms with Gasteiger partial charge in [0.25, 0.3) is 0 Å². The molecule has 0 radical (unpaired) electrons. The van der Waals surface area contributed by atoms with E-state index in [0.29, 0.717) is 5.69 Å². The summed E-state index contributed by atoms with van der Waals surface area (Å²) in [6.45, 7) is 3.41. The van der Waals surface area contributed by atoms with Crippen molar-refractivity contribution in [1.82, 2.24) is 0 Å². The van der Waals surface area contributed by atoms with Gasteiger partial charge in [-0.3, -0.25) is 4.79 Å². The molecule has 0 unspecified atom stereocenters. The lowest BCUT2D eigenvalue weighted by atomic mass is 9.87.